The zero-order chi connectivity index (χ0) is 20.5. The average Bonchev–Trinajstić information content (AvgIpc) is 2.69. The molecular weight excluding hydrogens is 371 g/mol. The summed E-state index contributed by atoms with van der Waals surface area (Å²) in [6, 6.07) is 5.64. The zero-order valence-electron chi connectivity index (χ0n) is 15.6. The molecular formula is C18H23FN4O5. The summed E-state index contributed by atoms with van der Waals surface area (Å²) in [5.41, 5.74) is 4.32. The molecule has 1 aliphatic rings. The van der Waals surface area contributed by atoms with Gasteiger partial charge < -0.3 is 14.5 Å². The molecule has 0 aromatic heterocycles. The highest BCUT2D eigenvalue weighted by Crippen LogP contribution is 2.14. The maximum atomic E-state index is 13.4. The molecule has 28 heavy (non-hydrogen) atoms. The van der Waals surface area contributed by atoms with Crippen LogP contribution >= 0.6 is 0 Å². The number of hydrogen-bond donors (Lipinski definition) is 2. The highest BCUT2D eigenvalue weighted by atomic mass is 19.1. The Balaban J connectivity index is 1.62. The molecule has 0 radical (unpaired) electrons. The second kappa shape index (κ2) is 10.2. The molecule has 1 heterocycles. The maximum absolute atomic E-state index is 13.4. The maximum Gasteiger partial charge on any atom is 0.276 e. The summed E-state index contributed by atoms with van der Waals surface area (Å²) in [5, 5.41) is 0. The summed E-state index contributed by atoms with van der Waals surface area (Å²) < 4.78 is 18.4. The third kappa shape index (κ3) is 6.53. The van der Waals surface area contributed by atoms with E-state index in [0.29, 0.717) is 26.2 Å². The number of carbonyl (C=O) groups is 4. The van der Waals surface area contributed by atoms with Crippen molar-refractivity contribution in [1.82, 2.24) is 20.7 Å². The van der Waals surface area contributed by atoms with Crippen molar-refractivity contribution in [3.05, 3.63) is 30.1 Å². The van der Waals surface area contributed by atoms with E-state index >= 15 is 0 Å². The number of nitrogens with one attached hydrogen (secondary N) is 2. The van der Waals surface area contributed by atoms with E-state index in [1.807, 2.05) is 0 Å². The first-order chi connectivity index (χ1) is 13.4. The van der Waals surface area contributed by atoms with Gasteiger partial charge in [-0.15, -0.1) is 0 Å². The molecule has 1 aromatic rings. The van der Waals surface area contributed by atoms with Gasteiger partial charge >= 0.3 is 0 Å². The largest absolute Gasteiger partial charge is 0.481 e. The molecule has 0 unspecified atom stereocenters. The molecule has 0 aliphatic carbocycles. The van der Waals surface area contributed by atoms with Gasteiger partial charge in [0.2, 0.25) is 17.7 Å². The van der Waals surface area contributed by atoms with Crippen molar-refractivity contribution < 1.29 is 28.3 Å². The van der Waals surface area contributed by atoms with Gasteiger partial charge in [0.1, 0.15) is 0 Å². The van der Waals surface area contributed by atoms with E-state index < -0.39 is 24.2 Å². The second-order valence-electron chi connectivity index (χ2n) is 6.20. The van der Waals surface area contributed by atoms with Crippen molar-refractivity contribution in [2.45, 2.75) is 19.8 Å². The zero-order valence-corrected chi connectivity index (χ0v) is 15.6. The molecule has 0 spiro atoms. The van der Waals surface area contributed by atoms with Gasteiger partial charge in [0.15, 0.2) is 18.2 Å². The minimum atomic E-state index is -0.664. The van der Waals surface area contributed by atoms with Gasteiger partial charge in [-0.1, -0.05) is 12.1 Å². The van der Waals surface area contributed by atoms with Crippen LogP contribution in [0.15, 0.2) is 24.3 Å². The molecule has 0 bridgehead atoms. The average molecular weight is 394 g/mol. The Hall–Kier alpha value is -3.17. The van der Waals surface area contributed by atoms with E-state index in [4.69, 9.17) is 4.74 Å². The molecule has 0 atom stereocenters. The molecule has 152 valence electrons. The third-order valence-electron chi connectivity index (χ3n) is 4.18. The number of para-hydroxylation sites is 1. The lowest BCUT2D eigenvalue weighted by molar-refractivity contribution is -0.139. The summed E-state index contributed by atoms with van der Waals surface area (Å²) >= 11 is 0. The Bertz CT molecular complexity index is 734. The first kappa shape index (κ1) is 21.1. The van der Waals surface area contributed by atoms with Gasteiger partial charge in [0.05, 0.1) is 0 Å². The monoisotopic (exact) mass is 394 g/mol. The topological polar surface area (TPSA) is 108 Å². The van der Waals surface area contributed by atoms with Crippen molar-refractivity contribution in [1.29, 1.82) is 0 Å². The lowest BCUT2D eigenvalue weighted by Crippen LogP contribution is -2.50. The number of benzene rings is 1. The van der Waals surface area contributed by atoms with Crippen LogP contribution in [0.5, 0.6) is 5.75 Å². The molecule has 2 N–H and O–H groups in total. The van der Waals surface area contributed by atoms with E-state index in [0.717, 1.165) is 0 Å². The molecule has 1 aromatic carbocycles. The highest BCUT2D eigenvalue weighted by molar-refractivity contribution is 5.86. The van der Waals surface area contributed by atoms with Crippen LogP contribution in [0, 0.1) is 5.82 Å². The smallest absolute Gasteiger partial charge is 0.276 e. The molecule has 10 heteroatoms. The Morgan fingerprint density at radius 3 is 2.21 bits per heavy atom. The van der Waals surface area contributed by atoms with Crippen LogP contribution in [0.1, 0.15) is 19.8 Å². The van der Waals surface area contributed by atoms with E-state index in [9.17, 15) is 23.6 Å². The van der Waals surface area contributed by atoms with Crippen LogP contribution in [0.2, 0.25) is 0 Å². The number of amides is 4. The van der Waals surface area contributed by atoms with E-state index in [1.165, 1.54) is 25.1 Å². The van der Waals surface area contributed by atoms with Crippen LogP contribution in [-0.4, -0.2) is 66.2 Å². The summed E-state index contributed by atoms with van der Waals surface area (Å²) in [6.07, 6.45) is -0.103. The Morgan fingerprint density at radius 2 is 1.57 bits per heavy atom. The SMILES string of the molecule is CC(=O)N1CCN(C(=O)CCC(=O)NNC(=O)COc2ccccc2F)CC1. The number of piperazine rings is 1. The summed E-state index contributed by atoms with van der Waals surface area (Å²) in [5.74, 6) is -2.08. The standard InChI is InChI=1S/C18H23FN4O5/c1-13(24)22-8-10-23(11-9-22)18(27)7-6-16(25)20-21-17(26)12-28-15-5-3-2-4-14(15)19/h2-5H,6-12H2,1H3,(H,20,25)(H,21,26). The molecule has 1 saturated heterocycles. The van der Waals surface area contributed by atoms with Crippen LogP contribution in [-0.2, 0) is 19.2 Å². The predicted molar refractivity (Wildman–Crippen MR) is 96.2 cm³/mol. The number of nitrogens with zero attached hydrogens (tertiary/aromatic N) is 2. The Labute approximate surface area is 161 Å². The van der Waals surface area contributed by atoms with Gasteiger partial charge in [0, 0.05) is 45.9 Å². The van der Waals surface area contributed by atoms with Crippen LogP contribution < -0.4 is 15.6 Å². The third-order valence-corrected chi connectivity index (χ3v) is 4.18. The first-order valence-electron chi connectivity index (χ1n) is 8.85. The number of hydrazine groups is 1. The quantitative estimate of drug-likeness (QED) is 0.651. The van der Waals surface area contributed by atoms with E-state index in [2.05, 4.69) is 10.9 Å². The van der Waals surface area contributed by atoms with Gasteiger partial charge in [-0.3, -0.25) is 30.0 Å². The number of ether oxygens (including phenoxy) is 1. The number of hydrogen-bond acceptors (Lipinski definition) is 5. The van der Waals surface area contributed by atoms with Crippen molar-refractivity contribution in [2.75, 3.05) is 32.8 Å². The van der Waals surface area contributed by atoms with Crippen LogP contribution in [0.25, 0.3) is 0 Å². The van der Waals surface area contributed by atoms with E-state index in [-0.39, 0.29) is 30.4 Å². The van der Waals surface area contributed by atoms with Crippen LogP contribution in [0.3, 0.4) is 0 Å². The van der Waals surface area contributed by atoms with Crippen molar-refractivity contribution in [3.8, 4) is 5.75 Å². The summed E-state index contributed by atoms with van der Waals surface area (Å²) in [4.78, 5) is 50.0. The minimum absolute atomic E-state index is 0.00645. The fourth-order valence-corrected chi connectivity index (χ4v) is 2.59. The molecule has 2 rings (SSSR count). The lowest BCUT2D eigenvalue weighted by atomic mass is 10.2. The highest BCUT2D eigenvalue weighted by Gasteiger charge is 2.22. The number of rotatable bonds is 6. The van der Waals surface area contributed by atoms with Crippen molar-refractivity contribution in [2.24, 2.45) is 0 Å². The fraction of sp³-hybridized carbons (Fsp3) is 0.444. The van der Waals surface area contributed by atoms with Gasteiger partial charge in [-0.05, 0) is 12.1 Å². The summed E-state index contributed by atoms with van der Waals surface area (Å²) in [7, 11) is 0. The van der Waals surface area contributed by atoms with Crippen molar-refractivity contribution in [3.63, 3.8) is 0 Å². The lowest BCUT2D eigenvalue weighted by Gasteiger charge is -2.34. The molecule has 9 nitrogen and oxygen atoms in total. The summed E-state index contributed by atoms with van der Waals surface area (Å²) in [6.45, 7) is 2.84. The predicted octanol–water partition coefficient (Wildman–Crippen LogP) is -0.177. The number of halogens is 1. The fourth-order valence-electron chi connectivity index (χ4n) is 2.59. The molecule has 1 fully saturated rings. The molecule has 0 saturated carbocycles. The first-order valence-corrected chi connectivity index (χ1v) is 8.85. The van der Waals surface area contributed by atoms with Crippen LogP contribution in [0.4, 0.5) is 4.39 Å². The van der Waals surface area contributed by atoms with Crippen molar-refractivity contribution >= 4 is 23.6 Å². The van der Waals surface area contributed by atoms with Gasteiger partial charge in [-0.25, -0.2) is 4.39 Å². The minimum Gasteiger partial charge on any atom is -0.481 e. The molecule has 1 aliphatic heterocycles. The normalized spacial score (nSPS) is 13.6. The van der Waals surface area contributed by atoms with E-state index in [1.54, 1.807) is 15.9 Å². The molecule has 4 amide bonds. The van der Waals surface area contributed by atoms with Gasteiger partial charge in [-0.2, -0.15) is 0 Å². The second-order valence-corrected chi connectivity index (χ2v) is 6.20. The van der Waals surface area contributed by atoms with Gasteiger partial charge in [0.25, 0.3) is 5.91 Å². The Kier molecular flexibility index (Phi) is 7.73. The Morgan fingerprint density at radius 1 is 0.964 bits per heavy atom. The number of carbonyl (C=O) groups excluding carboxylic acids is 4.